The average molecular weight is 169 g/mol. The van der Waals surface area contributed by atoms with Gasteiger partial charge < -0.3 is 5.32 Å². The molecule has 2 nitrogen and oxygen atoms in total. The molecule has 70 valence electrons. The summed E-state index contributed by atoms with van der Waals surface area (Å²) in [6, 6.07) is 0. The highest BCUT2D eigenvalue weighted by Crippen LogP contribution is 2.37. The Morgan fingerprint density at radius 2 is 1.83 bits per heavy atom. The molecule has 0 aromatic heterocycles. The topological polar surface area (TPSA) is 29.1 Å². The van der Waals surface area contributed by atoms with E-state index in [2.05, 4.69) is 19.2 Å². The fourth-order valence-electron chi connectivity index (χ4n) is 2.21. The molecule has 1 aliphatic heterocycles. The highest BCUT2D eigenvalue weighted by Gasteiger charge is 2.39. The third-order valence-electron chi connectivity index (χ3n) is 3.30. The van der Waals surface area contributed by atoms with Crippen LogP contribution in [0.4, 0.5) is 0 Å². The molecule has 12 heavy (non-hydrogen) atoms. The van der Waals surface area contributed by atoms with E-state index < -0.39 is 0 Å². The van der Waals surface area contributed by atoms with E-state index in [1.165, 1.54) is 0 Å². The van der Waals surface area contributed by atoms with Crippen LogP contribution in [-0.4, -0.2) is 18.9 Å². The number of Topliss-reactive ketones (excluding diaryl/α,β-unsaturated/α-hetero) is 1. The Hall–Kier alpha value is -0.370. The second kappa shape index (κ2) is 3.56. The SMILES string of the molecule is CC(=O)C1(C(C)C)CCNCC1. The van der Waals surface area contributed by atoms with Crippen LogP contribution in [0, 0.1) is 11.3 Å². The smallest absolute Gasteiger partial charge is 0.136 e. The van der Waals surface area contributed by atoms with Crippen molar-refractivity contribution in [3.63, 3.8) is 0 Å². The Morgan fingerprint density at radius 3 is 2.08 bits per heavy atom. The molecule has 0 amide bonds. The molecule has 1 rings (SSSR count). The van der Waals surface area contributed by atoms with Crippen LogP contribution in [-0.2, 0) is 4.79 Å². The summed E-state index contributed by atoms with van der Waals surface area (Å²) >= 11 is 0. The summed E-state index contributed by atoms with van der Waals surface area (Å²) in [5, 5.41) is 3.30. The number of nitrogens with one attached hydrogen (secondary N) is 1. The van der Waals surface area contributed by atoms with Crippen LogP contribution in [0.1, 0.15) is 33.6 Å². The Labute approximate surface area is 74.7 Å². The van der Waals surface area contributed by atoms with Gasteiger partial charge in [0.15, 0.2) is 0 Å². The molecule has 0 bridgehead atoms. The minimum Gasteiger partial charge on any atom is -0.317 e. The number of rotatable bonds is 2. The summed E-state index contributed by atoms with van der Waals surface area (Å²) in [6.07, 6.45) is 2.03. The molecule has 1 fully saturated rings. The first-order chi connectivity index (χ1) is 5.59. The molecule has 1 saturated heterocycles. The van der Waals surface area contributed by atoms with Gasteiger partial charge in [0.2, 0.25) is 0 Å². The maximum Gasteiger partial charge on any atom is 0.136 e. The third kappa shape index (κ3) is 1.53. The Morgan fingerprint density at radius 1 is 1.33 bits per heavy atom. The van der Waals surface area contributed by atoms with Gasteiger partial charge in [-0.3, -0.25) is 4.79 Å². The van der Waals surface area contributed by atoms with Crippen molar-refractivity contribution in [1.82, 2.24) is 5.32 Å². The van der Waals surface area contributed by atoms with Gasteiger partial charge in [-0.2, -0.15) is 0 Å². The zero-order chi connectivity index (χ0) is 9.19. The number of hydrogen-bond acceptors (Lipinski definition) is 2. The molecule has 1 aliphatic rings. The van der Waals surface area contributed by atoms with Crippen LogP contribution < -0.4 is 5.32 Å². The summed E-state index contributed by atoms with van der Waals surface area (Å²) < 4.78 is 0. The number of carbonyl (C=O) groups excluding carboxylic acids is 1. The first-order valence-electron chi connectivity index (χ1n) is 4.81. The van der Waals surface area contributed by atoms with E-state index in [9.17, 15) is 4.79 Å². The van der Waals surface area contributed by atoms with Crippen LogP contribution in [0.15, 0.2) is 0 Å². The van der Waals surface area contributed by atoms with Gasteiger partial charge in [0.25, 0.3) is 0 Å². The summed E-state index contributed by atoms with van der Waals surface area (Å²) in [7, 11) is 0. The molecule has 0 aromatic rings. The molecule has 1 N–H and O–H groups in total. The van der Waals surface area contributed by atoms with E-state index in [0.29, 0.717) is 11.7 Å². The van der Waals surface area contributed by atoms with Gasteiger partial charge in [0.05, 0.1) is 0 Å². The van der Waals surface area contributed by atoms with Crippen molar-refractivity contribution in [1.29, 1.82) is 0 Å². The van der Waals surface area contributed by atoms with Crippen LogP contribution >= 0.6 is 0 Å². The lowest BCUT2D eigenvalue weighted by molar-refractivity contribution is -0.130. The zero-order valence-corrected chi connectivity index (χ0v) is 8.31. The maximum atomic E-state index is 11.5. The second-order valence-electron chi connectivity index (χ2n) is 4.12. The quantitative estimate of drug-likeness (QED) is 0.680. The molecule has 2 heteroatoms. The lowest BCUT2D eigenvalue weighted by Crippen LogP contribution is -2.44. The number of hydrogen-bond donors (Lipinski definition) is 1. The monoisotopic (exact) mass is 169 g/mol. The predicted octanol–water partition coefficient (Wildman–Crippen LogP) is 1.60. The maximum absolute atomic E-state index is 11.5. The van der Waals surface area contributed by atoms with E-state index in [1.54, 1.807) is 6.92 Å². The minimum atomic E-state index is -0.0226. The van der Waals surface area contributed by atoms with Gasteiger partial charge in [-0.05, 0) is 38.8 Å². The summed E-state index contributed by atoms with van der Waals surface area (Å²) in [6.45, 7) is 8.06. The number of piperidine rings is 1. The zero-order valence-electron chi connectivity index (χ0n) is 8.31. The lowest BCUT2D eigenvalue weighted by Gasteiger charge is -2.38. The molecule has 0 aliphatic carbocycles. The summed E-state index contributed by atoms with van der Waals surface area (Å²) in [5.41, 5.74) is -0.0226. The molecular formula is C10H19NO. The van der Waals surface area contributed by atoms with Crippen molar-refractivity contribution < 1.29 is 4.79 Å². The molecule has 1 heterocycles. The largest absolute Gasteiger partial charge is 0.317 e. The highest BCUT2D eigenvalue weighted by atomic mass is 16.1. The lowest BCUT2D eigenvalue weighted by atomic mass is 9.68. The van der Waals surface area contributed by atoms with E-state index >= 15 is 0 Å². The molecule has 0 aromatic carbocycles. The van der Waals surface area contributed by atoms with E-state index in [1.807, 2.05) is 0 Å². The molecule has 0 atom stereocenters. The van der Waals surface area contributed by atoms with Crippen LogP contribution in [0.25, 0.3) is 0 Å². The van der Waals surface area contributed by atoms with Gasteiger partial charge in [-0.1, -0.05) is 13.8 Å². The van der Waals surface area contributed by atoms with Gasteiger partial charge in [0.1, 0.15) is 5.78 Å². The van der Waals surface area contributed by atoms with Crippen molar-refractivity contribution in [2.75, 3.05) is 13.1 Å². The average Bonchev–Trinajstić information content (AvgIpc) is 2.05. The van der Waals surface area contributed by atoms with E-state index in [-0.39, 0.29) is 5.41 Å². The van der Waals surface area contributed by atoms with Crippen molar-refractivity contribution >= 4 is 5.78 Å². The Kier molecular flexibility index (Phi) is 2.89. The van der Waals surface area contributed by atoms with Gasteiger partial charge in [-0.25, -0.2) is 0 Å². The molecular weight excluding hydrogens is 150 g/mol. The normalized spacial score (nSPS) is 22.7. The summed E-state index contributed by atoms with van der Waals surface area (Å²) in [4.78, 5) is 11.5. The van der Waals surface area contributed by atoms with Gasteiger partial charge in [0, 0.05) is 5.41 Å². The molecule has 0 spiro atoms. The minimum absolute atomic E-state index is 0.0226. The predicted molar refractivity (Wildman–Crippen MR) is 50.1 cm³/mol. The third-order valence-corrected chi connectivity index (χ3v) is 3.30. The second-order valence-corrected chi connectivity index (χ2v) is 4.12. The first kappa shape index (κ1) is 9.72. The van der Waals surface area contributed by atoms with Crippen molar-refractivity contribution in [2.24, 2.45) is 11.3 Å². The van der Waals surface area contributed by atoms with Crippen LogP contribution in [0.5, 0.6) is 0 Å². The first-order valence-corrected chi connectivity index (χ1v) is 4.81. The van der Waals surface area contributed by atoms with E-state index in [4.69, 9.17) is 0 Å². The number of ketones is 1. The van der Waals surface area contributed by atoms with Crippen molar-refractivity contribution in [3.05, 3.63) is 0 Å². The van der Waals surface area contributed by atoms with Crippen LogP contribution in [0.2, 0.25) is 0 Å². The molecule has 0 unspecified atom stereocenters. The van der Waals surface area contributed by atoms with Gasteiger partial charge in [-0.15, -0.1) is 0 Å². The standard InChI is InChI=1S/C10H19NO/c1-8(2)10(9(3)12)4-6-11-7-5-10/h8,11H,4-7H2,1-3H3. The Balaban J connectivity index is 2.77. The van der Waals surface area contributed by atoms with Crippen molar-refractivity contribution in [2.45, 2.75) is 33.6 Å². The fourth-order valence-corrected chi connectivity index (χ4v) is 2.21. The molecule has 0 radical (unpaired) electrons. The molecule has 0 saturated carbocycles. The van der Waals surface area contributed by atoms with Crippen LogP contribution in [0.3, 0.4) is 0 Å². The van der Waals surface area contributed by atoms with E-state index in [0.717, 1.165) is 25.9 Å². The van der Waals surface area contributed by atoms with Crippen molar-refractivity contribution in [3.8, 4) is 0 Å². The fraction of sp³-hybridized carbons (Fsp3) is 0.900. The number of carbonyl (C=O) groups is 1. The highest BCUT2D eigenvalue weighted by molar-refractivity contribution is 5.82. The summed E-state index contributed by atoms with van der Waals surface area (Å²) in [5.74, 6) is 0.858. The Bertz CT molecular complexity index is 169. The van der Waals surface area contributed by atoms with Gasteiger partial charge >= 0.3 is 0 Å².